The van der Waals surface area contributed by atoms with E-state index in [1.165, 1.54) is 48.5 Å². The minimum Gasteiger partial charge on any atom is -0.484 e. The molecule has 3 aromatic rings. The Morgan fingerprint density at radius 1 is 0.875 bits per heavy atom. The number of nitrogens with one attached hydrogen (secondary N) is 2. The highest BCUT2D eigenvalue weighted by atomic mass is 32.2. The first-order valence-electron chi connectivity index (χ1n) is 9.37. The van der Waals surface area contributed by atoms with E-state index in [2.05, 4.69) is 14.8 Å². The van der Waals surface area contributed by atoms with Crippen molar-refractivity contribution in [2.45, 2.75) is 17.6 Å². The number of rotatable bonds is 8. The number of benzene rings is 3. The number of sulfonamides is 1. The number of carbonyl (C=O) groups excluding carboxylic acids is 1. The van der Waals surface area contributed by atoms with Gasteiger partial charge in [-0.25, -0.2) is 8.42 Å². The third kappa shape index (κ3) is 6.74. The van der Waals surface area contributed by atoms with Crippen LogP contribution in [-0.4, -0.2) is 27.1 Å². The molecule has 168 valence electrons. The second-order valence-electron chi connectivity index (χ2n) is 6.73. The first-order valence-corrected chi connectivity index (χ1v) is 10.9. The van der Waals surface area contributed by atoms with E-state index >= 15 is 0 Å². The standard InChI is InChI=1S/C22H19F3N2O4S/c23-22(24,25)15-31-19-12-6-16(7-13-19)14-26-21(28)17-8-10-18(11-9-17)27-32(29,30)20-4-2-1-3-5-20/h1-13,27H,14-15H2,(H,26,28). The van der Waals surface area contributed by atoms with Gasteiger partial charge in [-0.3, -0.25) is 9.52 Å². The van der Waals surface area contributed by atoms with Crippen LogP contribution in [0, 0.1) is 0 Å². The van der Waals surface area contributed by atoms with Gasteiger partial charge in [0, 0.05) is 17.8 Å². The van der Waals surface area contributed by atoms with Crippen molar-refractivity contribution < 1.29 is 31.1 Å². The molecule has 3 aromatic carbocycles. The van der Waals surface area contributed by atoms with Crippen molar-refractivity contribution >= 4 is 21.6 Å². The third-order valence-electron chi connectivity index (χ3n) is 4.23. The maximum atomic E-state index is 12.3. The Bertz CT molecular complexity index is 1150. The smallest absolute Gasteiger partial charge is 0.422 e. The Hall–Kier alpha value is -3.53. The van der Waals surface area contributed by atoms with Crippen molar-refractivity contribution in [2.24, 2.45) is 0 Å². The Kier molecular flexibility index (Phi) is 7.04. The van der Waals surface area contributed by atoms with E-state index in [4.69, 9.17) is 0 Å². The third-order valence-corrected chi connectivity index (χ3v) is 5.63. The summed E-state index contributed by atoms with van der Waals surface area (Å²) < 4.78 is 68.3. The minimum atomic E-state index is -4.41. The monoisotopic (exact) mass is 464 g/mol. The second-order valence-corrected chi connectivity index (χ2v) is 8.41. The SMILES string of the molecule is O=C(NCc1ccc(OCC(F)(F)F)cc1)c1ccc(NS(=O)(=O)c2ccccc2)cc1. The zero-order chi connectivity index (χ0) is 23.2. The van der Waals surface area contributed by atoms with Crippen molar-refractivity contribution in [3.63, 3.8) is 0 Å². The molecular formula is C22H19F3N2O4S. The summed E-state index contributed by atoms with van der Waals surface area (Å²) in [6, 6.07) is 19.7. The van der Waals surface area contributed by atoms with Gasteiger partial charge in [-0.15, -0.1) is 0 Å². The lowest BCUT2D eigenvalue weighted by Crippen LogP contribution is -2.23. The van der Waals surface area contributed by atoms with Crippen molar-refractivity contribution in [1.82, 2.24) is 5.32 Å². The van der Waals surface area contributed by atoms with Crippen molar-refractivity contribution in [2.75, 3.05) is 11.3 Å². The van der Waals surface area contributed by atoms with Crippen LogP contribution >= 0.6 is 0 Å². The van der Waals surface area contributed by atoms with Crippen molar-refractivity contribution in [3.05, 3.63) is 90.0 Å². The molecule has 2 N–H and O–H groups in total. The fourth-order valence-corrected chi connectivity index (χ4v) is 3.74. The van der Waals surface area contributed by atoms with E-state index in [-0.39, 0.29) is 23.1 Å². The van der Waals surface area contributed by atoms with Crippen molar-refractivity contribution in [3.8, 4) is 5.75 Å². The highest BCUT2D eigenvalue weighted by Crippen LogP contribution is 2.19. The summed E-state index contributed by atoms with van der Waals surface area (Å²) >= 11 is 0. The summed E-state index contributed by atoms with van der Waals surface area (Å²) in [6.07, 6.45) is -4.41. The molecule has 1 amide bonds. The van der Waals surface area contributed by atoms with E-state index in [1.54, 1.807) is 30.3 Å². The molecule has 6 nitrogen and oxygen atoms in total. The molecule has 0 radical (unpaired) electrons. The summed E-state index contributed by atoms with van der Waals surface area (Å²) in [5, 5.41) is 2.69. The Morgan fingerprint density at radius 2 is 1.50 bits per heavy atom. The molecule has 0 aliphatic carbocycles. The molecule has 0 aromatic heterocycles. The van der Waals surface area contributed by atoms with E-state index in [1.807, 2.05) is 0 Å². The Labute approximate surface area is 183 Å². The fraction of sp³-hybridized carbons (Fsp3) is 0.136. The highest BCUT2D eigenvalue weighted by molar-refractivity contribution is 7.92. The van der Waals surface area contributed by atoms with Crippen molar-refractivity contribution in [1.29, 1.82) is 0 Å². The molecule has 3 rings (SSSR count). The fourth-order valence-electron chi connectivity index (χ4n) is 2.66. The summed E-state index contributed by atoms with van der Waals surface area (Å²) in [5.41, 5.74) is 1.29. The summed E-state index contributed by atoms with van der Waals surface area (Å²) in [6.45, 7) is -1.22. The number of alkyl halides is 3. The van der Waals surface area contributed by atoms with Gasteiger partial charge < -0.3 is 10.1 Å². The van der Waals surface area contributed by atoms with Gasteiger partial charge in [0.2, 0.25) is 0 Å². The first kappa shape index (κ1) is 23.1. The molecule has 0 atom stereocenters. The molecule has 0 saturated heterocycles. The van der Waals surface area contributed by atoms with Gasteiger partial charge in [0.05, 0.1) is 4.90 Å². The zero-order valence-electron chi connectivity index (χ0n) is 16.6. The summed E-state index contributed by atoms with van der Waals surface area (Å²) in [7, 11) is -3.73. The highest BCUT2D eigenvalue weighted by Gasteiger charge is 2.28. The molecule has 0 fully saturated rings. The van der Waals surface area contributed by atoms with Gasteiger partial charge in [-0.05, 0) is 54.1 Å². The maximum Gasteiger partial charge on any atom is 0.422 e. The molecule has 0 unspecified atom stereocenters. The number of hydrogen-bond acceptors (Lipinski definition) is 4. The van der Waals surface area contributed by atoms with Crippen LogP contribution in [0.3, 0.4) is 0 Å². The minimum absolute atomic E-state index is 0.0749. The number of anilines is 1. The molecule has 0 heterocycles. The van der Waals surface area contributed by atoms with E-state index < -0.39 is 22.8 Å². The number of halogens is 3. The molecule has 0 aliphatic heterocycles. The van der Waals surface area contributed by atoms with Gasteiger partial charge in [0.1, 0.15) is 5.75 Å². The molecular weight excluding hydrogens is 445 g/mol. The Morgan fingerprint density at radius 3 is 2.09 bits per heavy atom. The summed E-state index contributed by atoms with van der Waals surface area (Å²) in [4.78, 5) is 12.4. The van der Waals surface area contributed by atoms with Crippen LogP contribution in [0.15, 0.2) is 83.8 Å². The van der Waals surface area contributed by atoms with Crippen LogP contribution in [0.2, 0.25) is 0 Å². The number of carbonyl (C=O) groups is 1. The predicted octanol–water partition coefficient (Wildman–Crippen LogP) is 4.36. The number of ether oxygens (including phenoxy) is 1. The van der Waals surface area contributed by atoms with Gasteiger partial charge in [0.15, 0.2) is 6.61 Å². The molecule has 32 heavy (non-hydrogen) atoms. The largest absolute Gasteiger partial charge is 0.484 e. The average molecular weight is 464 g/mol. The normalized spacial score (nSPS) is 11.6. The van der Waals surface area contributed by atoms with Gasteiger partial charge >= 0.3 is 6.18 Å². The molecule has 0 bridgehead atoms. The van der Waals surface area contributed by atoms with Crippen LogP contribution in [0.5, 0.6) is 5.75 Å². The molecule has 0 spiro atoms. The van der Waals surface area contributed by atoms with E-state index in [0.29, 0.717) is 16.8 Å². The zero-order valence-corrected chi connectivity index (χ0v) is 17.4. The molecule has 0 saturated carbocycles. The number of amides is 1. The molecule has 10 heteroatoms. The van der Waals surface area contributed by atoms with Gasteiger partial charge in [-0.2, -0.15) is 13.2 Å². The maximum absolute atomic E-state index is 12.3. The Balaban J connectivity index is 1.54. The van der Waals surface area contributed by atoms with Gasteiger partial charge in [0.25, 0.3) is 15.9 Å². The lowest BCUT2D eigenvalue weighted by atomic mass is 10.2. The first-order chi connectivity index (χ1) is 15.1. The average Bonchev–Trinajstić information content (AvgIpc) is 2.77. The van der Waals surface area contributed by atoms with E-state index in [0.717, 1.165) is 0 Å². The van der Waals surface area contributed by atoms with E-state index in [9.17, 15) is 26.4 Å². The predicted molar refractivity (Wildman–Crippen MR) is 113 cm³/mol. The number of hydrogen-bond donors (Lipinski definition) is 2. The lowest BCUT2D eigenvalue weighted by Gasteiger charge is -2.10. The van der Waals surface area contributed by atoms with Crippen LogP contribution < -0.4 is 14.8 Å². The van der Waals surface area contributed by atoms with Crippen LogP contribution in [0.1, 0.15) is 15.9 Å². The lowest BCUT2D eigenvalue weighted by molar-refractivity contribution is -0.153. The van der Waals surface area contributed by atoms with Crippen LogP contribution in [0.4, 0.5) is 18.9 Å². The summed E-state index contributed by atoms with van der Waals surface area (Å²) in [5.74, 6) is -0.314. The second kappa shape index (κ2) is 9.73. The molecule has 0 aliphatic rings. The quantitative estimate of drug-likeness (QED) is 0.519. The topological polar surface area (TPSA) is 84.5 Å². The van der Waals surface area contributed by atoms with Crippen LogP contribution in [-0.2, 0) is 16.6 Å². The van der Waals surface area contributed by atoms with Crippen LogP contribution in [0.25, 0.3) is 0 Å². The van der Waals surface area contributed by atoms with Gasteiger partial charge in [-0.1, -0.05) is 30.3 Å².